The van der Waals surface area contributed by atoms with Crippen molar-refractivity contribution in [3.8, 4) is 0 Å². The molecule has 1 nitrogen and oxygen atoms in total. The maximum absolute atomic E-state index is 4.53. The van der Waals surface area contributed by atoms with Crippen molar-refractivity contribution in [2.24, 2.45) is 0 Å². The highest BCUT2D eigenvalue weighted by Gasteiger charge is 1.28. The van der Waals surface area contributed by atoms with Crippen LogP contribution in [0.1, 0.15) is 14.9 Å². The van der Waals surface area contributed by atoms with Gasteiger partial charge in [0.05, 0.1) is 0 Å². The average molecular weight is 110 g/mol. The Morgan fingerprint density at radius 3 is 1.00 bits per heavy atom. The van der Waals surface area contributed by atoms with Gasteiger partial charge in [-0.2, -0.15) is 0 Å². The number of hydrogen-bond donors (Lipinski definition) is 0. The molecular formula is C2H14OSi2. The summed E-state index contributed by atoms with van der Waals surface area (Å²) >= 11 is 0. The monoisotopic (exact) mass is 110 g/mol. The van der Waals surface area contributed by atoms with Gasteiger partial charge in [0.25, 0.3) is 0 Å². The third-order valence-corrected chi connectivity index (χ3v) is 0. The predicted molar refractivity (Wildman–Crippen MR) is 34.4 cm³/mol. The molecule has 0 aromatic heterocycles. The fourth-order valence-electron chi connectivity index (χ4n) is 0. The number of rotatable bonds is 0. The van der Waals surface area contributed by atoms with Crippen molar-refractivity contribution >= 4 is 21.0 Å². The van der Waals surface area contributed by atoms with Crippen LogP contribution in [0.2, 0.25) is 0 Å². The molecule has 0 heterocycles. The van der Waals surface area contributed by atoms with Crippen LogP contribution in [0.15, 0.2) is 0 Å². The first-order valence-electron chi connectivity index (χ1n) is 0.816. The Hall–Kier alpha value is 0.394. The molecule has 0 spiro atoms. The molecule has 0 saturated heterocycles. The van der Waals surface area contributed by atoms with Gasteiger partial charge in [0, 0.05) is 0 Å². The predicted octanol–water partition coefficient (Wildman–Crippen LogP) is -1.16. The summed E-state index contributed by atoms with van der Waals surface area (Å²) in [4.78, 5) is 0. The van der Waals surface area contributed by atoms with Gasteiger partial charge in [0.1, 0.15) is 21.0 Å². The van der Waals surface area contributed by atoms with Crippen molar-refractivity contribution in [1.29, 1.82) is 0 Å². The summed E-state index contributed by atoms with van der Waals surface area (Å²) in [5.41, 5.74) is 0. The third kappa shape index (κ3) is 162. The van der Waals surface area contributed by atoms with E-state index < -0.39 is 0 Å². The van der Waals surface area contributed by atoms with E-state index in [9.17, 15) is 0 Å². The van der Waals surface area contributed by atoms with Crippen LogP contribution in [0.25, 0.3) is 0 Å². The Balaban J connectivity index is -0.0000000200. The molecule has 0 aromatic carbocycles. The van der Waals surface area contributed by atoms with Gasteiger partial charge in [0.15, 0.2) is 0 Å². The summed E-state index contributed by atoms with van der Waals surface area (Å²) in [7, 11) is 1.86. The van der Waals surface area contributed by atoms with Crippen LogP contribution in [0, 0.1) is 0 Å². The minimum absolute atomic E-state index is 0. The summed E-state index contributed by atoms with van der Waals surface area (Å²) in [6.45, 7) is 0. The molecule has 3 heteroatoms. The van der Waals surface area contributed by atoms with Crippen LogP contribution in [0.5, 0.6) is 0 Å². The second-order valence-corrected chi connectivity index (χ2v) is 3.67. The molecule has 0 aliphatic heterocycles. The fraction of sp³-hybridized carbons (Fsp3) is 1.00. The van der Waals surface area contributed by atoms with E-state index in [1.165, 1.54) is 0 Å². The Bertz CT molecular complexity index is 7.61. The quantitative estimate of drug-likeness (QED) is 0.357. The zero-order valence-electron chi connectivity index (χ0n) is 2.41. The molecule has 0 rings (SSSR count). The van der Waals surface area contributed by atoms with E-state index >= 15 is 0 Å². The average Bonchev–Trinajstić information content (AvgIpc) is 0.918. The molecule has 0 bridgehead atoms. The molecule has 0 aliphatic rings. The van der Waals surface area contributed by atoms with Crippen molar-refractivity contribution < 1.29 is 4.12 Å². The van der Waals surface area contributed by atoms with Gasteiger partial charge < -0.3 is 4.12 Å². The highest BCUT2D eigenvalue weighted by Crippen LogP contribution is 1.20. The standard InChI is InChI=1S/2CH4.H6OSi2/c;;2-1-3/h2*1H4;2-3H3. The van der Waals surface area contributed by atoms with E-state index in [-0.39, 0.29) is 14.9 Å². The summed E-state index contributed by atoms with van der Waals surface area (Å²) < 4.78 is 4.53. The molecule has 5 heavy (non-hydrogen) atoms. The van der Waals surface area contributed by atoms with E-state index in [0.717, 1.165) is 21.0 Å². The van der Waals surface area contributed by atoms with Crippen molar-refractivity contribution in [3.63, 3.8) is 0 Å². The third-order valence-electron chi connectivity index (χ3n) is 0. The lowest BCUT2D eigenvalue weighted by Crippen LogP contribution is -1.65. The van der Waals surface area contributed by atoms with Crippen molar-refractivity contribution in [3.05, 3.63) is 0 Å². The Labute approximate surface area is 40.8 Å². The van der Waals surface area contributed by atoms with Gasteiger partial charge in [-0.3, -0.25) is 0 Å². The SMILES string of the molecule is C.C.[SiH3]O[SiH3]. The molecule has 0 radical (unpaired) electrons. The van der Waals surface area contributed by atoms with E-state index in [2.05, 4.69) is 4.12 Å². The van der Waals surface area contributed by atoms with E-state index in [4.69, 9.17) is 0 Å². The lowest BCUT2D eigenvalue weighted by Gasteiger charge is -1.62. The van der Waals surface area contributed by atoms with Crippen LogP contribution in [0.3, 0.4) is 0 Å². The summed E-state index contributed by atoms with van der Waals surface area (Å²) in [6, 6.07) is 0. The topological polar surface area (TPSA) is 9.23 Å². The van der Waals surface area contributed by atoms with Crippen LogP contribution < -0.4 is 0 Å². The van der Waals surface area contributed by atoms with Crippen LogP contribution in [-0.4, -0.2) is 21.0 Å². The first kappa shape index (κ1) is 18.2. The fourth-order valence-corrected chi connectivity index (χ4v) is 0. The van der Waals surface area contributed by atoms with Crippen LogP contribution in [0.4, 0.5) is 0 Å². The molecule has 0 aromatic rings. The molecule has 0 atom stereocenters. The van der Waals surface area contributed by atoms with Gasteiger partial charge in [0.2, 0.25) is 0 Å². The zero-order valence-corrected chi connectivity index (χ0v) is 6.41. The van der Waals surface area contributed by atoms with Crippen LogP contribution >= 0.6 is 0 Å². The molecule has 0 fully saturated rings. The first-order valence-corrected chi connectivity index (χ1v) is 2.45. The highest BCUT2D eigenvalue weighted by molar-refractivity contribution is 6.15. The van der Waals surface area contributed by atoms with Gasteiger partial charge >= 0.3 is 0 Å². The summed E-state index contributed by atoms with van der Waals surface area (Å²) in [5.74, 6) is 0. The van der Waals surface area contributed by atoms with Gasteiger partial charge in [-0.15, -0.1) is 0 Å². The van der Waals surface area contributed by atoms with E-state index in [1.807, 2.05) is 0 Å². The Kier molecular flexibility index (Phi) is 94.7. The minimum atomic E-state index is 0. The molecule has 0 amide bonds. The van der Waals surface area contributed by atoms with E-state index in [0.29, 0.717) is 0 Å². The smallest absolute Gasteiger partial charge is 0.129 e. The maximum Gasteiger partial charge on any atom is 0.129 e. The van der Waals surface area contributed by atoms with Gasteiger partial charge in [-0.05, 0) is 0 Å². The zero-order chi connectivity index (χ0) is 2.71. The molecular weight excluding hydrogens is 96.2 g/mol. The molecule has 36 valence electrons. The summed E-state index contributed by atoms with van der Waals surface area (Å²) in [6.07, 6.45) is 0. The lowest BCUT2D eigenvalue weighted by molar-refractivity contribution is 0.690. The molecule has 0 unspecified atom stereocenters. The van der Waals surface area contributed by atoms with Crippen molar-refractivity contribution in [1.82, 2.24) is 0 Å². The molecule has 0 aliphatic carbocycles. The van der Waals surface area contributed by atoms with E-state index in [1.54, 1.807) is 0 Å². The normalized spacial score (nSPS) is 4.80. The second kappa shape index (κ2) is 26.1. The maximum atomic E-state index is 4.53. The Morgan fingerprint density at radius 1 is 1.00 bits per heavy atom. The summed E-state index contributed by atoms with van der Waals surface area (Å²) in [5, 5.41) is 0. The van der Waals surface area contributed by atoms with Crippen molar-refractivity contribution in [2.75, 3.05) is 0 Å². The molecule has 0 N–H and O–H groups in total. The largest absolute Gasteiger partial charge is 0.471 e. The Morgan fingerprint density at radius 2 is 1.00 bits per heavy atom. The van der Waals surface area contributed by atoms with Gasteiger partial charge in [-0.25, -0.2) is 0 Å². The number of hydrogen-bond acceptors (Lipinski definition) is 1. The molecule has 0 saturated carbocycles. The van der Waals surface area contributed by atoms with Crippen molar-refractivity contribution in [2.45, 2.75) is 14.9 Å². The minimum Gasteiger partial charge on any atom is -0.471 e. The van der Waals surface area contributed by atoms with Crippen LogP contribution in [-0.2, 0) is 4.12 Å². The van der Waals surface area contributed by atoms with Gasteiger partial charge in [-0.1, -0.05) is 14.9 Å². The lowest BCUT2D eigenvalue weighted by atomic mass is 12.0. The second-order valence-electron chi connectivity index (χ2n) is 0.408. The highest BCUT2D eigenvalue weighted by atomic mass is 28.3. The first-order chi connectivity index (χ1) is 1.41.